The van der Waals surface area contributed by atoms with Crippen molar-refractivity contribution in [2.24, 2.45) is 0 Å². The zero-order chi connectivity index (χ0) is 21.7. The fourth-order valence-corrected chi connectivity index (χ4v) is 6.07. The van der Waals surface area contributed by atoms with Crippen molar-refractivity contribution in [3.05, 3.63) is 86.8 Å². The number of fused-ring (bicyclic) bond motifs is 1. The van der Waals surface area contributed by atoms with Gasteiger partial charge in [-0.15, -0.1) is 0 Å². The molecule has 0 bridgehead atoms. The first-order valence-corrected chi connectivity index (χ1v) is 12.0. The van der Waals surface area contributed by atoms with Crippen molar-refractivity contribution in [3.8, 4) is 17.0 Å². The Labute approximate surface area is 188 Å². The van der Waals surface area contributed by atoms with E-state index in [9.17, 15) is 9.90 Å². The lowest BCUT2D eigenvalue weighted by atomic mass is 9.75. The number of allylic oxidation sites excluding steroid dienone is 1. The first-order valence-electron chi connectivity index (χ1n) is 11.2. The summed E-state index contributed by atoms with van der Waals surface area (Å²) in [4.78, 5) is 13.1. The van der Waals surface area contributed by atoms with Crippen molar-refractivity contribution in [2.45, 2.75) is 57.4 Å². The molecule has 1 unspecified atom stereocenters. The highest BCUT2D eigenvalue weighted by molar-refractivity contribution is 7.09. The summed E-state index contributed by atoms with van der Waals surface area (Å²) in [6.45, 7) is 2.99. The summed E-state index contributed by atoms with van der Waals surface area (Å²) in [7, 11) is 0. The predicted molar refractivity (Wildman–Crippen MR) is 128 cm³/mol. The molecule has 0 saturated carbocycles. The first-order chi connectivity index (χ1) is 15.1. The molecular formula is C27H30NO2S+. The van der Waals surface area contributed by atoms with Gasteiger partial charge in [-0.3, -0.25) is 4.79 Å². The molecule has 0 fully saturated rings. The smallest absolute Gasteiger partial charge is 0.379 e. The lowest BCUT2D eigenvalue weighted by molar-refractivity contribution is -0.715. The molecule has 4 rings (SSSR count). The summed E-state index contributed by atoms with van der Waals surface area (Å²) < 4.78 is 1.97. The van der Waals surface area contributed by atoms with Crippen LogP contribution in [0.4, 0.5) is 0 Å². The van der Waals surface area contributed by atoms with Crippen LogP contribution in [0.1, 0.15) is 56.0 Å². The lowest BCUT2D eigenvalue weighted by Gasteiger charge is -2.33. The van der Waals surface area contributed by atoms with E-state index in [1.165, 1.54) is 16.9 Å². The van der Waals surface area contributed by atoms with E-state index in [-0.39, 0.29) is 16.0 Å². The van der Waals surface area contributed by atoms with Gasteiger partial charge in [0.05, 0.1) is 5.41 Å². The third-order valence-corrected chi connectivity index (χ3v) is 7.72. The highest BCUT2D eigenvalue weighted by Gasteiger charge is 2.44. The average Bonchev–Trinajstić information content (AvgIpc) is 2.81. The molecule has 3 aromatic rings. The topological polar surface area (TPSA) is 41.2 Å². The van der Waals surface area contributed by atoms with Crippen molar-refractivity contribution >= 4 is 17.4 Å². The van der Waals surface area contributed by atoms with Gasteiger partial charge in [-0.2, -0.15) is 4.57 Å². The van der Waals surface area contributed by atoms with Crippen LogP contribution in [-0.2, 0) is 12.0 Å². The maximum absolute atomic E-state index is 13.1. The third-order valence-electron chi connectivity index (χ3n) is 6.48. The molecule has 0 saturated heterocycles. The van der Waals surface area contributed by atoms with E-state index >= 15 is 0 Å². The Bertz CT molecular complexity index is 1110. The second-order valence-electron chi connectivity index (χ2n) is 8.35. The number of unbranched alkanes of at least 4 members (excludes halogenated alkanes) is 1. The van der Waals surface area contributed by atoms with Gasteiger partial charge in [0.1, 0.15) is 0 Å². The number of aromatic hydroxyl groups is 1. The van der Waals surface area contributed by atoms with Gasteiger partial charge in [0.2, 0.25) is 5.01 Å². The Balaban J connectivity index is 1.58. The molecule has 0 radical (unpaired) electrons. The standard InChI is InChI=1S/C27H29NO2S/c1-2-27(18-11-5-8-15-21-13-6-3-7-14-21)19-12-20-28-24(29)23(25(30)31-26(27)28)22-16-9-4-10-17-22/h3-4,6-10,13-17H,2,5,11-12,18-20H2,1H3/p+1/b15-8-. The monoisotopic (exact) mass is 432 g/mol. The molecule has 1 aromatic heterocycles. The highest BCUT2D eigenvalue weighted by atomic mass is 32.1. The van der Waals surface area contributed by atoms with Crippen LogP contribution >= 0.6 is 11.3 Å². The second kappa shape index (κ2) is 9.61. The molecule has 2 aromatic carbocycles. The Hall–Kier alpha value is -2.72. The maximum atomic E-state index is 13.1. The largest absolute Gasteiger partial charge is 0.459 e. The maximum Gasteiger partial charge on any atom is 0.379 e. The molecule has 1 atom stereocenters. The van der Waals surface area contributed by atoms with Crippen molar-refractivity contribution < 1.29 is 9.67 Å². The fourth-order valence-electron chi connectivity index (χ4n) is 4.73. The second-order valence-corrected chi connectivity index (χ2v) is 9.32. The minimum absolute atomic E-state index is 0.0324. The van der Waals surface area contributed by atoms with Crippen LogP contribution in [0.5, 0.6) is 5.88 Å². The molecule has 1 N–H and O–H groups in total. The SMILES string of the molecule is CCC1(CCC/C=C\c2ccccc2)CCC[n+]2c1sc(=O)c(-c1ccccc1)c2O. The average molecular weight is 433 g/mol. The van der Waals surface area contributed by atoms with E-state index in [4.69, 9.17) is 0 Å². The molecular weight excluding hydrogens is 402 g/mol. The minimum atomic E-state index is -0.0429. The first kappa shape index (κ1) is 21.5. The molecule has 0 spiro atoms. The van der Waals surface area contributed by atoms with E-state index in [1.54, 1.807) is 0 Å². The highest BCUT2D eigenvalue weighted by Crippen LogP contribution is 2.41. The molecule has 4 heteroatoms. The predicted octanol–water partition coefficient (Wildman–Crippen LogP) is 6.09. The summed E-state index contributed by atoms with van der Waals surface area (Å²) in [6, 6.07) is 19.9. The molecule has 2 heterocycles. The van der Waals surface area contributed by atoms with Gasteiger partial charge in [0.15, 0.2) is 12.1 Å². The van der Waals surface area contributed by atoms with Crippen LogP contribution in [0.15, 0.2) is 71.5 Å². The number of hydrogen-bond acceptors (Lipinski definition) is 3. The Morgan fingerprint density at radius 3 is 2.52 bits per heavy atom. The van der Waals surface area contributed by atoms with Gasteiger partial charge in [0, 0.05) is 6.42 Å². The molecule has 0 aliphatic carbocycles. The van der Waals surface area contributed by atoms with Crippen molar-refractivity contribution in [3.63, 3.8) is 0 Å². The van der Waals surface area contributed by atoms with Crippen LogP contribution in [0.25, 0.3) is 17.2 Å². The van der Waals surface area contributed by atoms with Crippen LogP contribution in [0.2, 0.25) is 0 Å². The summed E-state index contributed by atoms with van der Waals surface area (Å²) in [5, 5.41) is 12.1. The van der Waals surface area contributed by atoms with E-state index in [0.29, 0.717) is 5.56 Å². The van der Waals surface area contributed by atoms with E-state index in [0.717, 1.165) is 55.6 Å². The van der Waals surface area contributed by atoms with Crippen LogP contribution in [0, 0.1) is 0 Å². The molecule has 160 valence electrons. The van der Waals surface area contributed by atoms with Gasteiger partial charge in [-0.25, -0.2) is 0 Å². The van der Waals surface area contributed by atoms with E-state index < -0.39 is 0 Å². The van der Waals surface area contributed by atoms with E-state index in [2.05, 4.69) is 43.3 Å². The molecule has 3 nitrogen and oxygen atoms in total. The van der Waals surface area contributed by atoms with Crippen molar-refractivity contribution in [1.82, 2.24) is 0 Å². The quantitative estimate of drug-likeness (QED) is 0.362. The summed E-state index contributed by atoms with van der Waals surface area (Å²) in [5.74, 6) is 0.131. The molecule has 0 amide bonds. The number of hydrogen-bond donors (Lipinski definition) is 1. The third kappa shape index (κ3) is 4.49. The van der Waals surface area contributed by atoms with Crippen LogP contribution < -0.4 is 9.31 Å². The van der Waals surface area contributed by atoms with Gasteiger partial charge < -0.3 is 5.11 Å². The van der Waals surface area contributed by atoms with E-state index in [1.807, 2.05) is 41.0 Å². The molecule has 31 heavy (non-hydrogen) atoms. The molecule has 1 aliphatic rings. The number of aromatic nitrogens is 1. The zero-order valence-corrected chi connectivity index (χ0v) is 18.9. The Morgan fingerprint density at radius 1 is 1.10 bits per heavy atom. The Kier molecular flexibility index (Phi) is 6.67. The summed E-state index contributed by atoms with van der Waals surface area (Å²) in [5.41, 5.74) is 2.42. The van der Waals surface area contributed by atoms with Crippen molar-refractivity contribution in [2.75, 3.05) is 0 Å². The van der Waals surface area contributed by atoms with Crippen molar-refractivity contribution in [1.29, 1.82) is 0 Å². The van der Waals surface area contributed by atoms with Crippen LogP contribution in [-0.4, -0.2) is 5.11 Å². The Morgan fingerprint density at radius 2 is 1.81 bits per heavy atom. The number of benzene rings is 2. The van der Waals surface area contributed by atoms with Gasteiger partial charge >= 0.3 is 5.88 Å². The van der Waals surface area contributed by atoms with Gasteiger partial charge in [-0.1, -0.05) is 79.7 Å². The minimum Gasteiger partial charge on any atom is -0.459 e. The lowest BCUT2D eigenvalue weighted by Crippen LogP contribution is -2.50. The molecule has 1 aliphatic heterocycles. The summed E-state index contributed by atoms with van der Waals surface area (Å²) in [6.07, 6.45) is 10.6. The number of nitrogens with zero attached hydrogens (tertiary/aromatic N) is 1. The van der Waals surface area contributed by atoms with Gasteiger partial charge in [-0.05, 0) is 54.6 Å². The zero-order valence-electron chi connectivity index (χ0n) is 18.1. The van der Waals surface area contributed by atoms with Gasteiger partial charge in [0.25, 0.3) is 4.74 Å². The normalized spacial score (nSPS) is 18.2. The fraction of sp³-hybridized carbons (Fsp3) is 0.333. The summed E-state index contributed by atoms with van der Waals surface area (Å²) >= 11 is 1.34. The van der Waals surface area contributed by atoms with Crippen LogP contribution in [0.3, 0.4) is 0 Å². The number of rotatable bonds is 7.